The average Bonchev–Trinajstić information content (AvgIpc) is 3.33. The third kappa shape index (κ3) is 5.50. The summed E-state index contributed by atoms with van der Waals surface area (Å²) in [6.07, 6.45) is -1.58. The van der Waals surface area contributed by atoms with E-state index in [1.807, 2.05) is 6.92 Å². The zero-order valence-corrected chi connectivity index (χ0v) is 27.9. The van der Waals surface area contributed by atoms with Gasteiger partial charge in [-0.2, -0.15) is 8.42 Å². The van der Waals surface area contributed by atoms with Crippen molar-refractivity contribution in [2.24, 2.45) is 58.2 Å². The summed E-state index contributed by atoms with van der Waals surface area (Å²) in [7, 11) is -8.21. The van der Waals surface area contributed by atoms with Gasteiger partial charge >= 0.3 is 18.2 Å². The van der Waals surface area contributed by atoms with E-state index in [1.165, 1.54) is 0 Å². The van der Waals surface area contributed by atoms with Crippen molar-refractivity contribution in [2.75, 3.05) is 13.7 Å². The Balaban J connectivity index is 1.56. The second kappa shape index (κ2) is 11.2. The lowest BCUT2D eigenvalue weighted by molar-refractivity contribution is -0.233. The molecule has 14 heteroatoms. The summed E-state index contributed by atoms with van der Waals surface area (Å²) >= 11 is 0. The van der Waals surface area contributed by atoms with Gasteiger partial charge in [-0.05, 0) is 84.4 Å². The molecular weight excluding hydrogens is 603 g/mol. The highest BCUT2D eigenvalue weighted by atomic mass is 32.3. The lowest BCUT2D eigenvalue weighted by atomic mass is 9.45. The van der Waals surface area contributed by atoms with Crippen LogP contribution in [-0.2, 0) is 32.9 Å². The summed E-state index contributed by atoms with van der Waals surface area (Å²) in [4.78, 5) is 10.6. The SMILES string of the molecule is COP(=O)(O)O[C@@H]1C2OC([C@@H](C)C(C)C)CC(C)C2[C@@]2(C)CCC3[C@H](C12)[C@@H](O)[C@@H](O)C1[C@](O)(COS(=O)(=O)O)CC[C@]31C. The second-order valence-corrected chi connectivity index (χ2v) is 17.8. The molecule has 0 aromatic carbocycles. The highest BCUT2D eigenvalue weighted by molar-refractivity contribution is 7.80. The minimum Gasteiger partial charge on any atom is -0.390 e. The molecule has 16 atom stereocenters. The lowest BCUT2D eigenvalue weighted by Gasteiger charge is -2.62. The van der Waals surface area contributed by atoms with Crippen molar-refractivity contribution < 1.29 is 55.7 Å². The molecule has 1 saturated heterocycles. The van der Waals surface area contributed by atoms with E-state index in [0.29, 0.717) is 25.2 Å². The highest BCUT2D eigenvalue weighted by Gasteiger charge is 2.74. The van der Waals surface area contributed by atoms with Crippen LogP contribution in [0.2, 0.25) is 0 Å². The second-order valence-electron chi connectivity index (χ2n) is 15.2. The van der Waals surface area contributed by atoms with Crippen molar-refractivity contribution >= 4 is 18.2 Å². The van der Waals surface area contributed by atoms with E-state index in [9.17, 15) is 37.7 Å². The van der Waals surface area contributed by atoms with Gasteiger partial charge in [0.25, 0.3) is 0 Å². The smallest absolute Gasteiger partial charge is 0.390 e. The van der Waals surface area contributed by atoms with Crippen molar-refractivity contribution in [2.45, 2.75) is 110 Å². The van der Waals surface area contributed by atoms with Crippen LogP contribution in [0.25, 0.3) is 0 Å². The summed E-state index contributed by atoms with van der Waals surface area (Å²) in [5.41, 5.74) is -2.99. The molecule has 0 bridgehead atoms. The Hall–Kier alpha value is -0.180. The molecule has 8 unspecified atom stereocenters. The number of aliphatic hydroxyl groups excluding tert-OH is 2. The summed E-state index contributed by atoms with van der Waals surface area (Å²) in [6, 6.07) is 0. The molecule has 12 nitrogen and oxygen atoms in total. The molecule has 5 aliphatic rings. The predicted molar refractivity (Wildman–Crippen MR) is 155 cm³/mol. The fourth-order valence-electron chi connectivity index (χ4n) is 10.8. The number of ether oxygens (including phenoxy) is 1. The maximum Gasteiger partial charge on any atom is 0.472 e. The summed E-state index contributed by atoms with van der Waals surface area (Å²) in [5, 5.41) is 35.2. The highest BCUT2D eigenvalue weighted by Crippen LogP contribution is 2.72. The first-order chi connectivity index (χ1) is 19.7. The van der Waals surface area contributed by atoms with E-state index >= 15 is 0 Å². The number of rotatable bonds is 8. The first-order valence-electron chi connectivity index (χ1n) is 15.6. The van der Waals surface area contributed by atoms with E-state index in [1.54, 1.807) is 0 Å². The van der Waals surface area contributed by atoms with Gasteiger partial charge in [0.15, 0.2) is 0 Å². The first-order valence-corrected chi connectivity index (χ1v) is 18.5. The van der Waals surface area contributed by atoms with Crippen LogP contribution in [0, 0.1) is 58.2 Å². The molecule has 5 fully saturated rings. The number of hydrogen-bond donors (Lipinski definition) is 5. The van der Waals surface area contributed by atoms with Crippen molar-refractivity contribution in [3.63, 3.8) is 0 Å². The quantitative estimate of drug-likeness (QED) is 0.190. The van der Waals surface area contributed by atoms with Crippen LogP contribution in [0.15, 0.2) is 0 Å². The van der Waals surface area contributed by atoms with Crippen molar-refractivity contribution in [3.05, 3.63) is 0 Å². The molecule has 250 valence electrons. The van der Waals surface area contributed by atoms with Crippen LogP contribution in [0.1, 0.15) is 73.6 Å². The van der Waals surface area contributed by atoms with Gasteiger partial charge in [0, 0.05) is 13.0 Å². The van der Waals surface area contributed by atoms with E-state index in [0.717, 1.165) is 13.5 Å². The lowest BCUT2D eigenvalue weighted by Crippen LogP contribution is -2.66. The molecule has 4 aliphatic carbocycles. The molecule has 1 aliphatic heterocycles. The number of phosphoric acid groups is 1. The van der Waals surface area contributed by atoms with Crippen LogP contribution in [0.5, 0.6) is 0 Å². The Morgan fingerprint density at radius 3 is 2.28 bits per heavy atom. The number of aliphatic hydroxyl groups is 3. The van der Waals surface area contributed by atoms with Gasteiger partial charge in [-0.25, -0.2) is 8.75 Å². The van der Waals surface area contributed by atoms with E-state index < -0.39 is 83.4 Å². The van der Waals surface area contributed by atoms with Gasteiger partial charge < -0.3 is 24.9 Å². The van der Waals surface area contributed by atoms with Gasteiger partial charge in [-0.15, -0.1) is 0 Å². The molecule has 1 heterocycles. The Labute approximate surface area is 255 Å². The Morgan fingerprint density at radius 1 is 1.05 bits per heavy atom. The fourth-order valence-corrected chi connectivity index (χ4v) is 11.8. The molecule has 0 radical (unpaired) electrons. The molecule has 0 aromatic heterocycles. The Kier molecular flexibility index (Phi) is 8.91. The van der Waals surface area contributed by atoms with E-state index in [4.69, 9.17) is 13.8 Å². The molecule has 43 heavy (non-hydrogen) atoms. The Bertz CT molecular complexity index is 1220. The topological polar surface area (TPSA) is 189 Å². The standard InChI is InChI=1S/C29H51O12PS/c1-14(2)16(4)18-12-15(3)20-24(40-18)25(41-42(33,34)38-7)21-19-17(8-9-28(20,21)6)27(5)10-11-29(32,13-39-43(35,36)37)26(27)23(31)22(19)30/h14-26,30-32H,8-13H2,1-7H3,(H,33,34)(H,35,36,37)/t15?,16-,17?,18?,19+,20?,21?,22+,23+,24?,25-,26?,27+,28+,29+/m0/s1. The predicted octanol–water partition coefficient (Wildman–Crippen LogP) is 3.18. The van der Waals surface area contributed by atoms with E-state index in [-0.39, 0.29) is 36.2 Å². The third-order valence-corrected chi connectivity index (χ3v) is 14.3. The van der Waals surface area contributed by atoms with Crippen LogP contribution in [0.3, 0.4) is 0 Å². The summed E-state index contributed by atoms with van der Waals surface area (Å²) in [5.74, 6) is -1.44. The van der Waals surface area contributed by atoms with Crippen LogP contribution in [-0.4, -0.2) is 83.0 Å². The van der Waals surface area contributed by atoms with Gasteiger partial charge in [0.05, 0.1) is 42.7 Å². The Morgan fingerprint density at radius 2 is 1.70 bits per heavy atom. The minimum atomic E-state index is -4.84. The van der Waals surface area contributed by atoms with Crippen molar-refractivity contribution in [3.8, 4) is 0 Å². The molecule has 0 aromatic rings. The number of phosphoric ester groups is 1. The van der Waals surface area contributed by atoms with Gasteiger partial charge in [0.2, 0.25) is 0 Å². The van der Waals surface area contributed by atoms with Gasteiger partial charge in [-0.3, -0.25) is 13.6 Å². The van der Waals surface area contributed by atoms with Crippen LogP contribution >= 0.6 is 7.82 Å². The monoisotopic (exact) mass is 654 g/mol. The maximum absolute atomic E-state index is 13.0. The van der Waals surface area contributed by atoms with Crippen molar-refractivity contribution in [1.29, 1.82) is 0 Å². The minimum absolute atomic E-state index is 0.0329. The number of fused-ring (bicyclic) bond motifs is 7. The van der Waals surface area contributed by atoms with Crippen molar-refractivity contribution in [1.82, 2.24) is 0 Å². The molecule has 5 N–H and O–H groups in total. The zero-order chi connectivity index (χ0) is 32.1. The van der Waals surface area contributed by atoms with Gasteiger partial charge in [-0.1, -0.05) is 41.5 Å². The summed E-state index contributed by atoms with van der Waals surface area (Å²) in [6.45, 7) is 12.0. The molecule has 0 amide bonds. The molecule has 4 saturated carbocycles. The molecule has 5 rings (SSSR count). The van der Waals surface area contributed by atoms with Crippen LogP contribution in [0.4, 0.5) is 0 Å². The summed E-state index contributed by atoms with van der Waals surface area (Å²) < 4.78 is 67.2. The normalized spacial score (nSPS) is 51.7. The third-order valence-electron chi connectivity index (χ3n) is 12.9. The maximum atomic E-state index is 13.0. The fraction of sp³-hybridized carbons (Fsp3) is 1.00. The largest absolute Gasteiger partial charge is 0.472 e. The zero-order valence-electron chi connectivity index (χ0n) is 26.2. The molecular formula is C29H51O12PS. The first kappa shape index (κ1) is 34.2. The van der Waals surface area contributed by atoms with E-state index in [2.05, 4.69) is 38.8 Å². The average molecular weight is 655 g/mol. The van der Waals surface area contributed by atoms with Crippen LogP contribution < -0.4 is 0 Å². The molecule has 0 spiro atoms. The number of hydrogen-bond acceptors (Lipinski definition) is 10. The van der Waals surface area contributed by atoms with Gasteiger partial charge in [0.1, 0.15) is 0 Å².